The lowest BCUT2D eigenvalue weighted by Crippen LogP contribution is -2.09. The third-order valence-electron chi connectivity index (χ3n) is 1.88. The summed E-state index contributed by atoms with van der Waals surface area (Å²) < 4.78 is 28.7. The molecule has 15 heavy (non-hydrogen) atoms. The van der Waals surface area contributed by atoms with Gasteiger partial charge in [-0.1, -0.05) is 11.6 Å². The summed E-state index contributed by atoms with van der Waals surface area (Å²) in [5.41, 5.74) is 1.24. The largest absolute Gasteiger partial charge is 0.487 e. The van der Waals surface area contributed by atoms with Gasteiger partial charge in [0.1, 0.15) is 12.4 Å². The van der Waals surface area contributed by atoms with Gasteiger partial charge >= 0.3 is 0 Å². The maximum Gasteiger partial charge on any atom is 0.272 e. The van der Waals surface area contributed by atoms with E-state index in [0.29, 0.717) is 5.56 Å². The molecule has 0 N–H and O–H groups in total. The van der Waals surface area contributed by atoms with E-state index < -0.39 is 13.0 Å². The molecular formula is C11H12F2O2. The van der Waals surface area contributed by atoms with Crippen molar-refractivity contribution in [3.05, 3.63) is 29.3 Å². The molecule has 0 bridgehead atoms. The van der Waals surface area contributed by atoms with Gasteiger partial charge in [0, 0.05) is 0 Å². The number of hydrogen-bond acceptors (Lipinski definition) is 2. The number of hydrogen-bond donors (Lipinski definition) is 0. The molecule has 2 nitrogen and oxygen atoms in total. The molecule has 0 aliphatic carbocycles. The van der Waals surface area contributed by atoms with Crippen LogP contribution in [0.4, 0.5) is 8.78 Å². The normalized spacial score (nSPS) is 10.5. The van der Waals surface area contributed by atoms with Crippen LogP contribution in [0, 0.1) is 6.92 Å². The van der Waals surface area contributed by atoms with E-state index in [1.165, 1.54) is 13.0 Å². The molecule has 1 aromatic rings. The summed E-state index contributed by atoms with van der Waals surface area (Å²) in [6.07, 6.45) is -2.54. The molecule has 1 rings (SSSR count). The first-order chi connectivity index (χ1) is 7.00. The van der Waals surface area contributed by atoms with Crippen molar-refractivity contribution in [2.24, 2.45) is 0 Å². The number of carbonyl (C=O) groups is 1. The smallest absolute Gasteiger partial charge is 0.272 e. The summed E-state index contributed by atoms with van der Waals surface area (Å²) in [4.78, 5) is 11.2. The van der Waals surface area contributed by atoms with Crippen LogP contribution in [0.5, 0.6) is 5.75 Å². The summed E-state index contributed by atoms with van der Waals surface area (Å²) in [5.74, 6) is 0.0244. The van der Waals surface area contributed by atoms with Crippen LogP contribution in [0.25, 0.3) is 0 Å². The first-order valence-electron chi connectivity index (χ1n) is 4.53. The highest BCUT2D eigenvalue weighted by Crippen LogP contribution is 2.21. The topological polar surface area (TPSA) is 26.3 Å². The van der Waals surface area contributed by atoms with E-state index in [9.17, 15) is 13.6 Å². The van der Waals surface area contributed by atoms with E-state index in [0.717, 1.165) is 5.56 Å². The van der Waals surface area contributed by atoms with Gasteiger partial charge in [-0.3, -0.25) is 4.79 Å². The number of aryl methyl sites for hydroxylation is 1. The first-order valence-corrected chi connectivity index (χ1v) is 4.53. The van der Waals surface area contributed by atoms with Crippen molar-refractivity contribution >= 4 is 5.78 Å². The summed E-state index contributed by atoms with van der Waals surface area (Å²) in [5, 5.41) is 0. The Morgan fingerprint density at radius 3 is 2.67 bits per heavy atom. The monoisotopic (exact) mass is 214 g/mol. The molecule has 0 spiro atoms. The molecule has 0 radical (unpaired) electrons. The molecule has 0 heterocycles. The van der Waals surface area contributed by atoms with Crippen molar-refractivity contribution in [1.29, 1.82) is 0 Å². The Balaban J connectivity index is 2.91. The average Bonchev–Trinajstić information content (AvgIpc) is 2.15. The van der Waals surface area contributed by atoms with Gasteiger partial charge in [-0.2, -0.15) is 0 Å². The van der Waals surface area contributed by atoms with Crippen molar-refractivity contribution in [3.8, 4) is 5.75 Å². The molecule has 1 aromatic carbocycles. The van der Waals surface area contributed by atoms with Gasteiger partial charge < -0.3 is 4.74 Å². The van der Waals surface area contributed by atoms with E-state index in [-0.39, 0.29) is 11.5 Å². The molecule has 0 aliphatic heterocycles. The highest BCUT2D eigenvalue weighted by atomic mass is 19.3. The number of Topliss-reactive ketones (excluding diaryl/α,β-unsaturated/α-hetero) is 1. The van der Waals surface area contributed by atoms with Crippen molar-refractivity contribution in [2.45, 2.75) is 20.3 Å². The minimum atomic E-state index is -2.54. The predicted octanol–water partition coefficient (Wildman–Crippen LogP) is 2.84. The average molecular weight is 214 g/mol. The van der Waals surface area contributed by atoms with Crippen LogP contribution >= 0.6 is 0 Å². The van der Waals surface area contributed by atoms with Crippen LogP contribution in [0.2, 0.25) is 0 Å². The molecule has 0 atom stereocenters. The van der Waals surface area contributed by atoms with Gasteiger partial charge in [-0.05, 0) is 26.0 Å². The molecular weight excluding hydrogens is 202 g/mol. The SMILES string of the molecule is CC(=O)c1cc(C)ccc1OCC(F)F. The minimum absolute atomic E-state index is 0.192. The zero-order chi connectivity index (χ0) is 11.4. The zero-order valence-electron chi connectivity index (χ0n) is 8.59. The molecule has 0 aromatic heterocycles. The maximum atomic E-state index is 11.9. The van der Waals surface area contributed by atoms with E-state index >= 15 is 0 Å². The Kier molecular flexibility index (Phi) is 3.77. The van der Waals surface area contributed by atoms with Crippen LogP contribution in [0.1, 0.15) is 22.8 Å². The third-order valence-corrected chi connectivity index (χ3v) is 1.88. The second-order valence-corrected chi connectivity index (χ2v) is 3.26. The van der Waals surface area contributed by atoms with Crippen LogP contribution < -0.4 is 4.74 Å². The van der Waals surface area contributed by atoms with E-state index in [4.69, 9.17) is 4.74 Å². The number of ketones is 1. The standard InChI is InChI=1S/C11H12F2O2/c1-7-3-4-10(15-6-11(12)13)9(5-7)8(2)14/h3-5,11H,6H2,1-2H3. The fourth-order valence-corrected chi connectivity index (χ4v) is 1.20. The summed E-state index contributed by atoms with van der Waals surface area (Å²) in [7, 11) is 0. The van der Waals surface area contributed by atoms with Gasteiger partial charge in [-0.15, -0.1) is 0 Å². The highest BCUT2D eigenvalue weighted by Gasteiger charge is 2.10. The summed E-state index contributed by atoms with van der Waals surface area (Å²) >= 11 is 0. The molecule has 82 valence electrons. The molecule has 0 fully saturated rings. The lowest BCUT2D eigenvalue weighted by atomic mass is 10.1. The van der Waals surface area contributed by atoms with Gasteiger partial charge in [0.05, 0.1) is 5.56 Å². The quantitative estimate of drug-likeness (QED) is 0.720. The Morgan fingerprint density at radius 1 is 1.47 bits per heavy atom. The predicted molar refractivity (Wildman–Crippen MR) is 52.7 cm³/mol. The second-order valence-electron chi connectivity index (χ2n) is 3.26. The number of benzene rings is 1. The van der Waals surface area contributed by atoms with Gasteiger partial charge in [0.2, 0.25) is 0 Å². The zero-order valence-corrected chi connectivity index (χ0v) is 8.59. The van der Waals surface area contributed by atoms with Gasteiger partial charge in [0.25, 0.3) is 6.43 Å². The van der Waals surface area contributed by atoms with E-state index in [2.05, 4.69) is 0 Å². The number of ether oxygens (including phenoxy) is 1. The number of alkyl halides is 2. The fourth-order valence-electron chi connectivity index (χ4n) is 1.20. The highest BCUT2D eigenvalue weighted by molar-refractivity contribution is 5.97. The minimum Gasteiger partial charge on any atom is -0.487 e. The van der Waals surface area contributed by atoms with Gasteiger partial charge in [0.15, 0.2) is 5.78 Å². The van der Waals surface area contributed by atoms with Crippen LogP contribution in [-0.2, 0) is 0 Å². The molecule has 0 saturated heterocycles. The molecule has 0 aliphatic rings. The molecule has 0 saturated carbocycles. The Hall–Kier alpha value is -1.45. The second kappa shape index (κ2) is 4.87. The Morgan fingerprint density at radius 2 is 2.13 bits per heavy atom. The Bertz CT molecular complexity index is 362. The number of halogens is 2. The molecule has 0 unspecified atom stereocenters. The molecule has 4 heteroatoms. The van der Waals surface area contributed by atoms with Crippen molar-refractivity contribution < 1.29 is 18.3 Å². The third kappa shape index (κ3) is 3.31. The van der Waals surface area contributed by atoms with Gasteiger partial charge in [-0.25, -0.2) is 8.78 Å². The van der Waals surface area contributed by atoms with Crippen LogP contribution in [0.3, 0.4) is 0 Å². The lowest BCUT2D eigenvalue weighted by molar-refractivity contribution is 0.0802. The van der Waals surface area contributed by atoms with Crippen molar-refractivity contribution in [2.75, 3.05) is 6.61 Å². The number of carbonyl (C=O) groups excluding carboxylic acids is 1. The number of rotatable bonds is 4. The maximum absolute atomic E-state index is 11.9. The van der Waals surface area contributed by atoms with Crippen molar-refractivity contribution in [1.82, 2.24) is 0 Å². The first kappa shape index (κ1) is 11.6. The van der Waals surface area contributed by atoms with Crippen LogP contribution in [-0.4, -0.2) is 18.8 Å². The lowest BCUT2D eigenvalue weighted by Gasteiger charge is -2.09. The Labute approximate surface area is 86.9 Å². The van der Waals surface area contributed by atoms with Crippen molar-refractivity contribution in [3.63, 3.8) is 0 Å². The fraction of sp³-hybridized carbons (Fsp3) is 0.364. The van der Waals surface area contributed by atoms with E-state index in [1.54, 1.807) is 12.1 Å². The van der Waals surface area contributed by atoms with Crippen LogP contribution in [0.15, 0.2) is 18.2 Å². The molecule has 0 amide bonds. The van der Waals surface area contributed by atoms with E-state index in [1.807, 2.05) is 6.92 Å². The summed E-state index contributed by atoms with van der Waals surface area (Å²) in [6, 6.07) is 4.88. The summed E-state index contributed by atoms with van der Waals surface area (Å²) in [6.45, 7) is 2.51.